The molecule has 1 fully saturated rings. The van der Waals surface area contributed by atoms with E-state index in [0.29, 0.717) is 6.54 Å². The van der Waals surface area contributed by atoms with Crippen molar-refractivity contribution in [2.45, 2.75) is 58.1 Å². The zero-order valence-electron chi connectivity index (χ0n) is 12.7. The quantitative estimate of drug-likeness (QED) is 0.812. The van der Waals surface area contributed by atoms with E-state index in [-0.39, 0.29) is 0 Å². The Bertz CT molecular complexity index is 398. The van der Waals surface area contributed by atoms with Gasteiger partial charge >= 0.3 is 0 Å². The van der Waals surface area contributed by atoms with Gasteiger partial charge in [0.15, 0.2) is 5.13 Å². The zero-order valence-corrected chi connectivity index (χ0v) is 13.5. The highest BCUT2D eigenvalue weighted by Crippen LogP contribution is 2.27. The molecule has 0 saturated heterocycles. The summed E-state index contributed by atoms with van der Waals surface area (Å²) in [5.74, 6) is 0. The summed E-state index contributed by atoms with van der Waals surface area (Å²) >= 11 is 1.75. The minimum absolute atomic E-state index is 0.482. The van der Waals surface area contributed by atoms with Crippen LogP contribution in [0.5, 0.6) is 0 Å². The lowest BCUT2D eigenvalue weighted by Gasteiger charge is -2.32. The van der Waals surface area contributed by atoms with Gasteiger partial charge in [0.2, 0.25) is 0 Å². The molecule has 1 saturated carbocycles. The van der Waals surface area contributed by atoms with Crippen LogP contribution in [0.15, 0.2) is 6.20 Å². The number of nitrogens with zero attached hydrogens (tertiary/aromatic N) is 2. The molecule has 1 aliphatic rings. The number of hydrogen-bond donors (Lipinski definition) is 2. The fraction of sp³-hybridized carbons (Fsp3) is 0.800. The van der Waals surface area contributed by atoms with Crippen LogP contribution in [-0.2, 0) is 6.54 Å². The third-order valence-corrected chi connectivity index (χ3v) is 5.17. The number of rotatable bonds is 7. The molecule has 5 heteroatoms. The summed E-state index contributed by atoms with van der Waals surface area (Å²) in [6, 6.07) is 0. The van der Waals surface area contributed by atoms with Crippen molar-refractivity contribution in [3.8, 4) is 0 Å². The number of hydrogen-bond acceptors (Lipinski definition) is 5. The molecule has 0 unspecified atom stereocenters. The highest BCUT2D eigenvalue weighted by atomic mass is 32.1. The maximum atomic E-state index is 10.4. The molecule has 1 heterocycles. The van der Waals surface area contributed by atoms with Gasteiger partial charge in [0.25, 0.3) is 0 Å². The summed E-state index contributed by atoms with van der Waals surface area (Å²) in [4.78, 5) is 7.99. The van der Waals surface area contributed by atoms with E-state index in [9.17, 15) is 5.11 Å². The SMILES string of the molecule is CCN(CC)c1ncc(CNCC2(O)CCCCC2)s1. The van der Waals surface area contributed by atoms with Gasteiger partial charge in [0, 0.05) is 37.3 Å². The minimum Gasteiger partial charge on any atom is -0.389 e. The molecule has 2 N–H and O–H groups in total. The van der Waals surface area contributed by atoms with Gasteiger partial charge in [0.05, 0.1) is 5.60 Å². The number of aromatic nitrogens is 1. The van der Waals surface area contributed by atoms with Crippen LogP contribution in [0.1, 0.15) is 50.8 Å². The largest absolute Gasteiger partial charge is 0.389 e. The average Bonchev–Trinajstić information content (AvgIpc) is 2.89. The Morgan fingerprint density at radius 1 is 1.30 bits per heavy atom. The Kier molecular flexibility index (Phi) is 5.81. The summed E-state index contributed by atoms with van der Waals surface area (Å²) < 4.78 is 0. The molecule has 1 aliphatic carbocycles. The molecule has 0 radical (unpaired) electrons. The number of thiazole rings is 1. The van der Waals surface area contributed by atoms with Gasteiger partial charge in [-0.3, -0.25) is 0 Å². The fourth-order valence-corrected chi connectivity index (χ4v) is 3.83. The fourth-order valence-electron chi connectivity index (χ4n) is 2.82. The molecule has 1 aromatic heterocycles. The molecule has 1 aromatic rings. The second kappa shape index (κ2) is 7.38. The lowest BCUT2D eigenvalue weighted by Crippen LogP contribution is -2.41. The van der Waals surface area contributed by atoms with Gasteiger partial charge in [0.1, 0.15) is 0 Å². The van der Waals surface area contributed by atoms with E-state index in [1.54, 1.807) is 11.3 Å². The Morgan fingerprint density at radius 3 is 2.65 bits per heavy atom. The number of nitrogens with one attached hydrogen (secondary N) is 1. The summed E-state index contributed by atoms with van der Waals surface area (Å²) in [7, 11) is 0. The molecular weight excluding hydrogens is 270 g/mol. The summed E-state index contributed by atoms with van der Waals surface area (Å²) in [5.41, 5.74) is -0.482. The Balaban J connectivity index is 1.79. The van der Waals surface area contributed by atoms with Gasteiger partial charge in [-0.25, -0.2) is 4.98 Å². The maximum Gasteiger partial charge on any atom is 0.185 e. The molecule has 0 aromatic carbocycles. The van der Waals surface area contributed by atoms with Gasteiger partial charge in [-0.05, 0) is 26.7 Å². The Labute approximate surface area is 126 Å². The highest BCUT2D eigenvalue weighted by Gasteiger charge is 2.28. The topological polar surface area (TPSA) is 48.4 Å². The predicted molar refractivity (Wildman–Crippen MR) is 85.4 cm³/mol. The van der Waals surface area contributed by atoms with Crippen LogP contribution >= 0.6 is 11.3 Å². The van der Waals surface area contributed by atoms with Gasteiger partial charge in [-0.2, -0.15) is 0 Å². The molecule has 0 amide bonds. The number of anilines is 1. The first kappa shape index (κ1) is 15.7. The third kappa shape index (κ3) is 4.17. The van der Waals surface area contributed by atoms with Crippen LogP contribution in [-0.4, -0.2) is 35.3 Å². The van der Waals surface area contributed by atoms with E-state index in [4.69, 9.17) is 0 Å². The second-order valence-electron chi connectivity index (χ2n) is 5.67. The molecule has 20 heavy (non-hydrogen) atoms. The molecule has 0 spiro atoms. The van der Waals surface area contributed by atoms with E-state index >= 15 is 0 Å². The van der Waals surface area contributed by atoms with Crippen molar-refractivity contribution in [1.29, 1.82) is 0 Å². The van der Waals surface area contributed by atoms with Crippen molar-refractivity contribution in [2.24, 2.45) is 0 Å². The van der Waals surface area contributed by atoms with Crippen LogP contribution < -0.4 is 10.2 Å². The van der Waals surface area contributed by atoms with Crippen molar-refractivity contribution < 1.29 is 5.11 Å². The Hall–Kier alpha value is -0.650. The molecule has 4 nitrogen and oxygen atoms in total. The van der Waals surface area contributed by atoms with Gasteiger partial charge < -0.3 is 15.3 Å². The third-order valence-electron chi connectivity index (χ3n) is 4.11. The van der Waals surface area contributed by atoms with Gasteiger partial charge in [-0.15, -0.1) is 11.3 Å². The molecular formula is C15H27N3OS. The van der Waals surface area contributed by atoms with E-state index in [2.05, 4.69) is 29.0 Å². The highest BCUT2D eigenvalue weighted by molar-refractivity contribution is 7.15. The van der Waals surface area contributed by atoms with E-state index < -0.39 is 5.60 Å². The average molecular weight is 297 g/mol. The van der Waals surface area contributed by atoms with Crippen molar-refractivity contribution in [3.05, 3.63) is 11.1 Å². The minimum atomic E-state index is -0.482. The van der Waals surface area contributed by atoms with Crippen molar-refractivity contribution in [1.82, 2.24) is 10.3 Å². The zero-order chi connectivity index (χ0) is 14.4. The van der Waals surface area contributed by atoms with Crippen LogP contribution in [0.2, 0.25) is 0 Å². The van der Waals surface area contributed by atoms with E-state index in [1.165, 1.54) is 11.3 Å². The smallest absolute Gasteiger partial charge is 0.185 e. The first-order valence-electron chi connectivity index (χ1n) is 7.79. The van der Waals surface area contributed by atoms with Crippen LogP contribution in [0.4, 0.5) is 5.13 Å². The summed E-state index contributed by atoms with van der Waals surface area (Å²) in [5, 5.41) is 14.9. The molecule has 114 valence electrons. The summed E-state index contributed by atoms with van der Waals surface area (Å²) in [6.45, 7) is 7.81. The normalized spacial score (nSPS) is 18.1. The maximum absolute atomic E-state index is 10.4. The molecule has 0 atom stereocenters. The predicted octanol–water partition coefficient (Wildman–Crippen LogP) is 2.77. The lowest BCUT2D eigenvalue weighted by molar-refractivity contribution is 0.00472. The molecule has 2 rings (SSSR count). The van der Waals surface area contributed by atoms with Crippen LogP contribution in [0, 0.1) is 0 Å². The number of aliphatic hydroxyl groups is 1. The van der Waals surface area contributed by atoms with Crippen molar-refractivity contribution in [2.75, 3.05) is 24.5 Å². The van der Waals surface area contributed by atoms with E-state index in [0.717, 1.165) is 50.4 Å². The lowest BCUT2D eigenvalue weighted by atomic mass is 9.85. The first-order valence-corrected chi connectivity index (χ1v) is 8.61. The Morgan fingerprint density at radius 2 is 2.00 bits per heavy atom. The van der Waals surface area contributed by atoms with E-state index in [1.807, 2.05) is 6.20 Å². The van der Waals surface area contributed by atoms with Crippen molar-refractivity contribution >= 4 is 16.5 Å². The van der Waals surface area contributed by atoms with Crippen LogP contribution in [0.3, 0.4) is 0 Å². The monoisotopic (exact) mass is 297 g/mol. The van der Waals surface area contributed by atoms with Crippen molar-refractivity contribution in [3.63, 3.8) is 0 Å². The molecule has 0 aliphatic heterocycles. The van der Waals surface area contributed by atoms with Gasteiger partial charge in [-0.1, -0.05) is 19.3 Å². The standard InChI is InChI=1S/C15H27N3OS/c1-3-18(4-2)14-17-11-13(20-14)10-16-12-15(19)8-6-5-7-9-15/h11,16,19H,3-10,12H2,1-2H3. The van der Waals surface area contributed by atoms with Crippen LogP contribution in [0.25, 0.3) is 0 Å². The second-order valence-corrected chi connectivity index (χ2v) is 6.76. The molecule has 0 bridgehead atoms. The summed E-state index contributed by atoms with van der Waals surface area (Å²) in [6.07, 6.45) is 7.41. The first-order chi connectivity index (χ1) is 9.67.